The Labute approximate surface area is 121 Å². The number of nitrogens with one attached hydrogen (secondary N) is 1. The number of anilines is 1. The number of aryl methyl sites for hydroxylation is 1. The monoisotopic (exact) mass is 279 g/mol. The van der Waals surface area contributed by atoms with Crippen molar-refractivity contribution in [2.75, 3.05) is 31.7 Å². The van der Waals surface area contributed by atoms with E-state index in [2.05, 4.69) is 22.2 Å². The normalized spacial score (nSPS) is 14.3. The molecule has 1 N–H and O–H groups in total. The van der Waals surface area contributed by atoms with Gasteiger partial charge in [0, 0.05) is 31.5 Å². The lowest BCUT2D eigenvalue weighted by molar-refractivity contribution is 0.124. The zero-order valence-corrected chi connectivity index (χ0v) is 12.5. The Balaban J connectivity index is 1.66. The fourth-order valence-electron chi connectivity index (χ4n) is 1.81. The Morgan fingerprint density at radius 3 is 2.90 bits per heavy atom. The van der Waals surface area contributed by atoms with Crippen LogP contribution in [-0.4, -0.2) is 36.3 Å². The molecule has 0 saturated heterocycles. The SMILES string of the molecule is CCCOc1cc(C)nc(NCCCOCC2CC2)n1. The summed E-state index contributed by atoms with van der Waals surface area (Å²) in [6.07, 6.45) is 4.63. The van der Waals surface area contributed by atoms with Crippen LogP contribution in [-0.2, 0) is 4.74 Å². The molecule has 1 saturated carbocycles. The average molecular weight is 279 g/mol. The van der Waals surface area contributed by atoms with E-state index < -0.39 is 0 Å². The summed E-state index contributed by atoms with van der Waals surface area (Å²) in [6.45, 7) is 7.26. The molecule has 0 radical (unpaired) electrons. The molecule has 1 aliphatic carbocycles. The van der Waals surface area contributed by atoms with E-state index in [1.54, 1.807) is 0 Å². The van der Waals surface area contributed by atoms with Crippen molar-refractivity contribution in [3.8, 4) is 5.88 Å². The quantitative estimate of drug-likeness (QED) is 0.667. The number of rotatable bonds is 10. The summed E-state index contributed by atoms with van der Waals surface area (Å²) in [5.74, 6) is 2.12. The highest BCUT2D eigenvalue weighted by Crippen LogP contribution is 2.28. The van der Waals surface area contributed by atoms with Gasteiger partial charge in [0.05, 0.1) is 6.61 Å². The molecule has 0 spiro atoms. The highest BCUT2D eigenvalue weighted by Gasteiger charge is 2.20. The first-order valence-corrected chi connectivity index (χ1v) is 7.58. The van der Waals surface area contributed by atoms with Gasteiger partial charge in [0.15, 0.2) is 0 Å². The second-order valence-corrected chi connectivity index (χ2v) is 5.32. The lowest BCUT2D eigenvalue weighted by Crippen LogP contribution is -2.10. The van der Waals surface area contributed by atoms with Crippen LogP contribution in [0.15, 0.2) is 6.07 Å². The smallest absolute Gasteiger partial charge is 0.226 e. The molecule has 20 heavy (non-hydrogen) atoms. The molecular weight excluding hydrogens is 254 g/mol. The molecule has 5 nitrogen and oxygen atoms in total. The minimum absolute atomic E-state index is 0.637. The van der Waals surface area contributed by atoms with E-state index in [1.807, 2.05) is 13.0 Å². The first kappa shape index (κ1) is 15.0. The largest absolute Gasteiger partial charge is 0.478 e. The maximum atomic E-state index is 5.59. The third-order valence-electron chi connectivity index (χ3n) is 3.08. The van der Waals surface area contributed by atoms with E-state index in [0.717, 1.165) is 44.2 Å². The summed E-state index contributed by atoms with van der Waals surface area (Å²) in [5, 5.41) is 3.22. The molecule has 112 valence electrons. The van der Waals surface area contributed by atoms with Gasteiger partial charge in [-0.05, 0) is 38.5 Å². The summed E-state index contributed by atoms with van der Waals surface area (Å²) >= 11 is 0. The molecule has 1 fully saturated rings. The molecule has 1 aromatic heterocycles. The summed E-state index contributed by atoms with van der Waals surface area (Å²) in [5.41, 5.74) is 0.915. The van der Waals surface area contributed by atoms with Crippen LogP contribution in [0.2, 0.25) is 0 Å². The Kier molecular flexibility index (Phi) is 6.05. The summed E-state index contributed by atoms with van der Waals surface area (Å²) in [6, 6.07) is 1.86. The molecule has 0 unspecified atom stereocenters. The molecule has 2 rings (SSSR count). The maximum Gasteiger partial charge on any atom is 0.226 e. The topological polar surface area (TPSA) is 56.3 Å². The van der Waals surface area contributed by atoms with Gasteiger partial charge in [0.25, 0.3) is 0 Å². The third kappa shape index (κ3) is 5.74. The van der Waals surface area contributed by atoms with E-state index in [4.69, 9.17) is 9.47 Å². The van der Waals surface area contributed by atoms with Crippen molar-refractivity contribution in [2.45, 2.75) is 39.5 Å². The van der Waals surface area contributed by atoms with Crippen LogP contribution in [0.4, 0.5) is 5.95 Å². The van der Waals surface area contributed by atoms with Crippen LogP contribution in [0.5, 0.6) is 5.88 Å². The first-order chi connectivity index (χ1) is 9.78. The zero-order valence-electron chi connectivity index (χ0n) is 12.5. The van der Waals surface area contributed by atoms with Crippen LogP contribution in [0.3, 0.4) is 0 Å². The number of ether oxygens (including phenoxy) is 2. The van der Waals surface area contributed by atoms with Crippen LogP contribution < -0.4 is 10.1 Å². The van der Waals surface area contributed by atoms with E-state index >= 15 is 0 Å². The summed E-state index contributed by atoms with van der Waals surface area (Å²) in [4.78, 5) is 8.70. The fourth-order valence-corrected chi connectivity index (χ4v) is 1.81. The minimum atomic E-state index is 0.637. The van der Waals surface area contributed by atoms with E-state index in [9.17, 15) is 0 Å². The molecule has 1 aromatic rings. The van der Waals surface area contributed by atoms with Crippen molar-refractivity contribution < 1.29 is 9.47 Å². The number of hydrogen-bond acceptors (Lipinski definition) is 5. The van der Waals surface area contributed by atoms with Gasteiger partial charge in [-0.25, -0.2) is 4.98 Å². The first-order valence-electron chi connectivity index (χ1n) is 7.58. The molecule has 0 atom stereocenters. The van der Waals surface area contributed by atoms with Crippen LogP contribution in [0.25, 0.3) is 0 Å². The molecule has 1 heterocycles. The number of nitrogens with zero attached hydrogens (tertiary/aromatic N) is 2. The predicted octanol–water partition coefficient (Wildman–Crippen LogP) is 2.80. The molecule has 0 amide bonds. The second kappa shape index (κ2) is 8.04. The van der Waals surface area contributed by atoms with Crippen LogP contribution in [0, 0.1) is 12.8 Å². The molecular formula is C15H25N3O2. The Hall–Kier alpha value is -1.36. The highest BCUT2D eigenvalue weighted by atomic mass is 16.5. The third-order valence-corrected chi connectivity index (χ3v) is 3.08. The minimum Gasteiger partial charge on any atom is -0.478 e. The van der Waals surface area contributed by atoms with Crippen LogP contribution in [0.1, 0.15) is 38.3 Å². The zero-order chi connectivity index (χ0) is 14.2. The number of hydrogen-bond donors (Lipinski definition) is 1. The van der Waals surface area contributed by atoms with Gasteiger partial charge < -0.3 is 14.8 Å². The number of aromatic nitrogens is 2. The molecule has 0 aliphatic heterocycles. The molecule has 5 heteroatoms. The van der Waals surface area contributed by atoms with Gasteiger partial charge in [0.2, 0.25) is 11.8 Å². The standard InChI is InChI=1S/C15H25N3O2/c1-3-8-20-14-10-12(2)17-15(18-14)16-7-4-9-19-11-13-5-6-13/h10,13H,3-9,11H2,1-2H3,(H,16,17,18). The van der Waals surface area contributed by atoms with Gasteiger partial charge in [-0.15, -0.1) is 0 Å². The van der Waals surface area contributed by atoms with E-state index in [0.29, 0.717) is 18.4 Å². The molecule has 0 bridgehead atoms. The van der Waals surface area contributed by atoms with Crippen molar-refractivity contribution >= 4 is 5.95 Å². The Bertz CT molecular complexity index is 408. The Morgan fingerprint density at radius 2 is 2.15 bits per heavy atom. The van der Waals surface area contributed by atoms with Gasteiger partial charge in [-0.2, -0.15) is 4.98 Å². The van der Waals surface area contributed by atoms with E-state index in [1.165, 1.54) is 12.8 Å². The van der Waals surface area contributed by atoms with Crippen molar-refractivity contribution in [2.24, 2.45) is 5.92 Å². The fraction of sp³-hybridized carbons (Fsp3) is 0.733. The molecule has 1 aliphatic rings. The Morgan fingerprint density at radius 1 is 1.30 bits per heavy atom. The van der Waals surface area contributed by atoms with Gasteiger partial charge >= 0.3 is 0 Å². The molecule has 0 aromatic carbocycles. The lowest BCUT2D eigenvalue weighted by atomic mass is 10.4. The second-order valence-electron chi connectivity index (χ2n) is 5.32. The van der Waals surface area contributed by atoms with Crippen LogP contribution >= 0.6 is 0 Å². The van der Waals surface area contributed by atoms with E-state index in [-0.39, 0.29) is 0 Å². The van der Waals surface area contributed by atoms with Crippen molar-refractivity contribution in [3.05, 3.63) is 11.8 Å². The van der Waals surface area contributed by atoms with Crippen molar-refractivity contribution in [3.63, 3.8) is 0 Å². The highest BCUT2D eigenvalue weighted by molar-refractivity contribution is 5.30. The van der Waals surface area contributed by atoms with Crippen molar-refractivity contribution in [1.82, 2.24) is 9.97 Å². The predicted molar refractivity (Wildman–Crippen MR) is 79.2 cm³/mol. The summed E-state index contributed by atoms with van der Waals surface area (Å²) in [7, 11) is 0. The van der Waals surface area contributed by atoms with Gasteiger partial charge in [-0.3, -0.25) is 0 Å². The van der Waals surface area contributed by atoms with Gasteiger partial charge in [0.1, 0.15) is 0 Å². The summed E-state index contributed by atoms with van der Waals surface area (Å²) < 4.78 is 11.1. The lowest BCUT2D eigenvalue weighted by Gasteiger charge is -2.09. The van der Waals surface area contributed by atoms with Crippen molar-refractivity contribution in [1.29, 1.82) is 0 Å². The average Bonchev–Trinajstić information content (AvgIpc) is 3.24. The maximum absolute atomic E-state index is 5.59. The van der Waals surface area contributed by atoms with Gasteiger partial charge in [-0.1, -0.05) is 6.92 Å².